The van der Waals surface area contributed by atoms with Gasteiger partial charge >= 0.3 is 0 Å². The zero-order valence-electron chi connectivity index (χ0n) is 26.7. The molecule has 4 heterocycles. The number of piperazine rings is 1. The normalized spacial score (nSPS) is 27.3. The lowest BCUT2D eigenvalue weighted by Crippen LogP contribution is -2.53. The number of hydrogen-bond acceptors (Lipinski definition) is 7. The van der Waals surface area contributed by atoms with E-state index in [0.717, 1.165) is 69.2 Å². The lowest BCUT2D eigenvalue weighted by molar-refractivity contribution is 0.207. The number of rotatable bonds is 8. The van der Waals surface area contributed by atoms with E-state index >= 15 is 0 Å². The minimum absolute atomic E-state index is 0.331. The van der Waals surface area contributed by atoms with Gasteiger partial charge in [0.05, 0.1) is 0 Å². The molecule has 0 bridgehead atoms. The average Bonchev–Trinajstić information content (AvgIpc) is 3.60. The fourth-order valence-electron chi connectivity index (χ4n) is 8.09. The highest BCUT2D eigenvalue weighted by atomic mass is 32.1. The fourth-order valence-corrected chi connectivity index (χ4v) is 9.20. The Morgan fingerprint density at radius 1 is 1.12 bits per heavy atom. The molecular weight excluding hydrogens is 536 g/mol. The van der Waals surface area contributed by atoms with Gasteiger partial charge in [0, 0.05) is 66.5 Å². The molecule has 2 saturated heterocycles. The Morgan fingerprint density at radius 3 is 2.67 bits per heavy atom. The van der Waals surface area contributed by atoms with Crippen molar-refractivity contribution in [3.05, 3.63) is 63.9 Å². The van der Waals surface area contributed by atoms with Crippen LogP contribution in [0.2, 0.25) is 0 Å². The zero-order valence-corrected chi connectivity index (χ0v) is 27.5. The quantitative estimate of drug-likeness (QED) is 0.378. The molecule has 4 aliphatic rings. The van der Waals surface area contributed by atoms with Gasteiger partial charge in [0.1, 0.15) is 11.6 Å². The maximum atomic E-state index is 6.08. The lowest BCUT2D eigenvalue weighted by Gasteiger charge is -2.45. The number of allylic oxidation sites excluding steroid dienone is 1. The Morgan fingerprint density at radius 2 is 1.93 bits per heavy atom. The van der Waals surface area contributed by atoms with Crippen LogP contribution in [0.15, 0.2) is 36.4 Å². The lowest BCUT2D eigenvalue weighted by atomic mass is 9.65. The molecule has 6 rings (SSSR count). The number of likely N-dealkylation sites (tertiary alicyclic amines) is 1. The van der Waals surface area contributed by atoms with Crippen molar-refractivity contribution in [2.24, 2.45) is 17.1 Å². The first-order valence-corrected chi connectivity index (χ1v) is 17.4. The Balaban J connectivity index is 0.00000173. The van der Waals surface area contributed by atoms with Gasteiger partial charge in [0.2, 0.25) is 0 Å². The molecule has 0 aromatic carbocycles. The minimum atomic E-state index is 0.331. The number of anilines is 1. The summed E-state index contributed by atoms with van der Waals surface area (Å²) in [7, 11) is 2.28. The van der Waals surface area contributed by atoms with Gasteiger partial charge in [0.15, 0.2) is 0 Å². The summed E-state index contributed by atoms with van der Waals surface area (Å²) in [5.74, 6) is 3.05. The molecule has 42 heavy (non-hydrogen) atoms. The van der Waals surface area contributed by atoms with E-state index in [1.807, 2.05) is 31.3 Å². The van der Waals surface area contributed by atoms with Crippen molar-refractivity contribution in [2.75, 3.05) is 44.7 Å². The van der Waals surface area contributed by atoms with Crippen molar-refractivity contribution < 1.29 is 0 Å². The third-order valence-corrected chi connectivity index (χ3v) is 11.3. The number of thiophene rings is 1. The first-order chi connectivity index (χ1) is 20.4. The topological polar surface area (TPSA) is 61.5 Å². The molecule has 2 aromatic heterocycles. The minimum Gasteiger partial charge on any atom is -0.365 e. The molecule has 0 amide bonds. The first kappa shape index (κ1) is 31.2. The van der Waals surface area contributed by atoms with E-state index in [-0.39, 0.29) is 0 Å². The van der Waals surface area contributed by atoms with Crippen molar-refractivity contribution in [1.82, 2.24) is 19.8 Å². The van der Waals surface area contributed by atoms with Crippen molar-refractivity contribution in [3.63, 3.8) is 0 Å². The van der Waals surface area contributed by atoms with Crippen LogP contribution in [0.3, 0.4) is 0 Å². The van der Waals surface area contributed by atoms with E-state index in [1.165, 1.54) is 55.7 Å². The van der Waals surface area contributed by atoms with Crippen LogP contribution >= 0.6 is 11.3 Å². The van der Waals surface area contributed by atoms with Gasteiger partial charge in [0.25, 0.3) is 0 Å². The molecule has 0 radical (unpaired) electrons. The second kappa shape index (κ2) is 13.6. The molecule has 2 fully saturated rings. The molecule has 2 N–H and O–H groups in total. The van der Waals surface area contributed by atoms with E-state index < -0.39 is 0 Å². The van der Waals surface area contributed by atoms with Gasteiger partial charge in [-0.1, -0.05) is 33.9 Å². The monoisotopic (exact) mass is 590 g/mol. The van der Waals surface area contributed by atoms with Crippen LogP contribution in [-0.2, 0) is 32.1 Å². The number of hydrogen-bond donors (Lipinski definition) is 1. The predicted molar refractivity (Wildman–Crippen MR) is 178 cm³/mol. The van der Waals surface area contributed by atoms with E-state index in [0.29, 0.717) is 24.0 Å². The number of nitrogens with two attached hydrogens (primary N) is 1. The van der Waals surface area contributed by atoms with Gasteiger partial charge in [-0.2, -0.15) is 0 Å². The highest BCUT2D eigenvalue weighted by Crippen LogP contribution is 2.47. The van der Waals surface area contributed by atoms with Gasteiger partial charge in [-0.3, -0.25) is 0 Å². The number of fused-ring (bicyclic) bond motifs is 2. The smallest absolute Gasteiger partial charge is 0.135 e. The van der Waals surface area contributed by atoms with Crippen LogP contribution in [0.4, 0.5) is 5.82 Å². The Kier molecular flexibility index (Phi) is 10.1. The van der Waals surface area contributed by atoms with Crippen LogP contribution in [0.1, 0.15) is 80.4 Å². The summed E-state index contributed by atoms with van der Waals surface area (Å²) in [6.45, 7) is 19.3. The predicted octanol–water partition coefficient (Wildman–Crippen LogP) is 6.04. The van der Waals surface area contributed by atoms with Gasteiger partial charge in [-0.05, 0) is 106 Å². The molecule has 4 unspecified atom stereocenters. The summed E-state index contributed by atoms with van der Waals surface area (Å²) in [4.78, 5) is 19.8. The zero-order chi connectivity index (χ0) is 29.9. The molecule has 230 valence electrons. The van der Waals surface area contributed by atoms with Crippen LogP contribution in [0, 0.1) is 11.3 Å². The Labute approximate surface area is 259 Å². The molecule has 6 nitrogen and oxygen atoms in total. The molecule has 4 atom stereocenters. The fraction of sp³-hybridized carbons (Fsp3) is 0.657. The molecular formula is C35H54N6S. The summed E-state index contributed by atoms with van der Waals surface area (Å²) < 4.78 is 0. The van der Waals surface area contributed by atoms with Crippen LogP contribution < -0.4 is 10.6 Å². The second-order valence-electron chi connectivity index (χ2n) is 13.2. The van der Waals surface area contributed by atoms with E-state index in [2.05, 4.69) is 53.3 Å². The Bertz CT molecular complexity index is 1240. The molecule has 2 aliphatic heterocycles. The SMILES string of the molecule is C=CC(=C)N1CCN(c2nc(CCC3CC(C)CN3C)nc3c2CCC2(CCc4ccsc4C2)C3)CC1CCN.CC. The Hall–Kier alpha value is -2.22. The summed E-state index contributed by atoms with van der Waals surface area (Å²) >= 11 is 1.96. The third-order valence-electron chi connectivity index (χ3n) is 10.3. The highest BCUT2D eigenvalue weighted by Gasteiger charge is 2.41. The number of aryl methyl sites for hydroxylation is 2. The summed E-state index contributed by atoms with van der Waals surface area (Å²) in [6, 6.07) is 3.32. The van der Waals surface area contributed by atoms with Crippen LogP contribution in [0.25, 0.3) is 0 Å². The van der Waals surface area contributed by atoms with Crippen molar-refractivity contribution in [1.29, 1.82) is 0 Å². The maximum absolute atomic E-state index is 6.08. The third kappa shape index (κ3) is 6.48. The van der Waals surface area contributed by atoms with Crippen molar-refractivity contribution in [3.8, 4) is 0 Å². The summed E-state index contributed by atoms with van der Waals surface area (Å²) in [5.41, 5.74) is 11.8. The van der Waals surface area contributed by atoms with E-state index in [4.69, 9.17) is 15.7 Å². The number of aromatic nitrogens is 2. The molecule has 2 aliphatic carbocycles. The molecule has 7 heteroatoms. The highest BCUT2D eigenvalue weighted by molar-refractivity contribution is 7.10. The average molecular weight is 591 g/mol. The molecule has 2 aromatic rings. The molecule has 1 spiro atoms. The van der Waals surface area contributed by atoms with E-state index in [9.17, 15) is 0 Å². The number of nitrogens with zero attached hydrogens (tertiary/aromatic N) is 5. The summed E-state index contributed by atoms with van der Waals surface area (Å²) in [6.07, 6.45) is 13.4. The van der Waals surface area contributed by atoms with Crippen molar-refractivity contribution in [2.45, 2.75) is 97.1 Å². The maximum Gasteiger partial charge on any atom is 0.135 e. The van der Waals surface area contributed by atoms with Gasteiger partial charge in [-0.15, -0.1) is 11.3 Å². The van der Waals surface area contributed by atoms with Crippen molar-refractivity contribution >= 4 is 17.2 Å². The standard InChI is InChI=1S/C33H48N6S.C2H6/c1-5-24(3)39-16-15-38(22-27(39)10-14-34)32-28-9-13-33(12-8-25-11-17-40-30(25)20-33)19-29(28)35-31(36-32)7-6-26-18-23(2)21-37(26)4;1-2/h5,11,17,23,26-27H,1,3,6-10,12-16,18-22,34H2,2,4H3;1-2H3. The summed E-state index contributed by atoms with van der Waals surface area (Å²) in [5, 5.41) is 2.29. The van der Waals surface area contributed by atoms with E-state index in [1.54, 1.807) is 10.4 Å². The van der Waals surface area contributed by atoms with Gasteiger partial charge in [-0.25, -0.2) is 9.97 Å². The largest absolute Gasteiger partial charge is 0.365 e. The van der Waals surface area contributed by atoms with Crippen LogP contribution in [0.5, 0.6) is 0 Å². The molecule has 0 saturated carbocycles. The van der Waals surface area contributed by atoms with Gasteiger partial charge < -0.3 is 20.4 Å². The first-order valence-electron chi connectivity index (χ1n) is 16.5. The van der Waals surface area contributed by atoms with Crippen LogP contribution in [-0.4, -0.2) is 71.6 Å². The second-order valence-corrected chi connectivity index (χ2v) is 14.2.